The van der Waals surface area contributed by atoms with Gasteiger partial charge in [-0.25, -0.2) is 0 Å². The molecule has 0 aliphatic rings. The lowest BCUT2D eigenvalue weighted by molar-refractivity contribution is 0.415. The average Bonchev–Trinajstić information content (AvgIpc) is 2.66. The SMILES string of the molecule is COc1ccc2cc(S(=O)(=O)Oc3cc(C)nc4ccccc34)ccc2c1. The van der Waals surface area contributed by atoms with Crippen LogP contribution in [0.1, 0.15) is 5.69 Å². The van der Waals surface area contributed by atoms with Crippen molar-refractivity contribution in [1.29, 1.82) is 0 Å². The highest BCUT2D eigenvalue weighted by molar-refractivity contribution is 7.87. The Bertz CT molecular complexity index is 1270. The van der Waals surface area contributed by atoms with E-state index in [2.05, 4.69) is 4.98 Å². The third kappa shape index (κ3) is 3.31. The van der Waals surface area contributed by atoms with E-state index in [-0.39, 0.29) is 10.6 Å². The lowest BCUT2D eigenvalue weighted by Gasteiger charge is -2.11. The molecule has 0 unspecified atom stereocenters. The Labute approximate surface area is 157 Å². The van der Waals surface area contributed by atoms with E-state index in [0.717, 1.165) is 10.8 Å². The molecule has 0 aliphatic heterocycles. The van der Waals surface area contributed by atoms with Crippen LogP contribution in [0.2, 0.25) is 0 Å². The summed E-state index contributed by atoms with van der Waals surface area (Å²) in [6.45, 7) is 1.80. The topological polar surface area (TPSA) is 65.5 Å². The van der Waals surface area contributed by atoms with E-state index in [1.807, 2.05) is 30.3 Å². The van der Waals surface area contributed by atoms with E-state index >= 15 is 0 Å². The van der Waals surface area contributed by atoms with Crippen LogP contribution in [0.25, 0.3) is 21.7 Å². The molecule has 27 heavy (non-hydrogen) atoms. The summed E-state index contributed by atoms with van der Waals surface area (Å²) in [5.74, 6) is 0.987. The number of para-hydroxylation sites is 1. The number of hydrogen-bond donors (Lipinski definition) is 0. The Hall–Kier alpha value is -3.12. The van der Waals surface area contributed by atoms with Crippen LogP contribution < -0.4 is 8.92 Å². The molecule has 0 aliphatic carbocycles. The first kappa shape index (κ1) is 17.3. The van der Waals surface area contributed by atoms with Gasteiger partial charge < -0.3 is 8.92 Å². The number of hydrogen-bond acceptors (Lipinski definition) is 5. The molecule has 136 valence electrons. The van der Waals surface area contributed by atoms with E-state index in [4.69, 9.17) is 8.92 Å². The smallest absolute Gasteiger partial charge is 0.339 e. The van der Waals surface area contributed by atoms with Gasteiger partial charge in [0.2, 0.25) is 0 Å². The molecule has 0 amide bonds. The number of fused-ring (bicyclic) bond motifs is 2. The number of benzene rings is 3. The van der Waals surface area contributed by atoms with Crippen LogP contribution in [-0.2, 0) is 10.1 Å². The number of aromatic nitrogens is 1. The van der Waals surface area contributed by atoms with Gasteiger partial charge in [-0.15, -0.1) is 0 Å². The minimum Gasteiger partial charge on any atom is -0.497 e. The van der Waals surface area contributed by atoms with Crippen LogP contribution in [0.4, 0.5) is 0 Å². The maximum absolute atomic E-state index is 12.9. The second-order valence-electron chi connectivity index (χ2n) is 6.19. The molecule has 0 N–H and O–H groups in total. The summed E-state index contributed by atoms with van der Waals surface area (Å²) in [6, 6.07) is 19.3. The summed E-state index contributed by atoms with van der Waals surface area (Å²) in [4.78, 5) is 4.51. The molecular formula is C21H17NO4S. The molecule has 4 rings (SSSR count). The number of pyridine rings is 1. The van der Waals surface area contributed by atoms with Crippen molar-refractivity contribution in [3.63, 3.8) is 0 Å². The first-order chi connectivity index (χ1) is 13.0. The summed E-state index contributed by atoms with van der Waals surface area (Å²) in [6.07, 6.45) is 0. The molecule has 0 fully saturated rings. The number of methoxy groups -OCH3 is 1. The molecule has 0 saturated carbocycles. The van der Waals surface area contributed by atoms with E-state index < -0.39 is 10.1 Å². The number of nitrogens with zero attached hydrogens (tertiary/aromatic N) is 1. The normalized spacial score (nSPS) is 11.6. The fourth-order valence-corrected chi connectivity index (χ4v) is 3.97. The third-order valence-corrected chi connectivity index (χ3v) is 5.54. The van der Waals surface area contributed by atoms with Crippen molar-refractivity contribution in [2.45, 2.75) is 11.8 Å². The lowest BCUT2D eigenvalue weighted by atomic mass is 10.1. The zero-order valence-electron chi connectivity index (χ0n) is 14.8. The van der Waals surface area contributed by atoms with Gasteiger partial charge in [0.05, 0.1) is 12.6 Å². The minimum absolute atomic E-state index is 0.0960. The molecule has 6 heteroatoms. The van der Waals surface area contributed by atoms with Gasteiger partial charge in [-0.3, -0.25) is 4.98 Å². The summed E-state index contributed by atoms with van der Waals surface area (Å²) in [7, 11) is -2.40. The molecular weight excluding hydrogens is 362 g/mol. The zero-order valence-corrected chi connectivity index (χ0v) is 15.7. The van der Waals surface area contributed by atoms with Crippen molar-refractivity contribution >= 4 is 31.8 Å². The van der Waals surface area contributed by atoms with Gasteiger partial charge in [0, 0.05) is 17.1 Å². The fraction of sp³-hybridized carbons (Fsp3) is 0.0952. The van der Waals surface area contributed by atoms with Crippen LogP contribution in [0.3, 0.4) is 0 Å². The van der Waals surface area contributed by atoms with Gasteiger partial charge in [0.15, 0.2) is 5.75 Å². The van der Waals surface area contributed by atoms with E-state index in [1.54, 1.807) is 44.4 Å². The van der Waals surface area contributed by atoms with E-state index in [9.17, 15) is 8.42 Å². The van der Waals surface area contributed by atoms with Crippen molar-refractivity contribution < 1.29 is 17.3 Å². The van der Waals surface area contributed by atoms with Crippen molar-refractivity contribution in [3.8, 4) is 11.5 Å². The molecule has 5 nitrogen and oxygen atoms in total. The predicted octanol–water partition coefficient (Wildman–Crippen LogP) is 4.47. The standard InChI is InChI=1S/C21H17NO4S/c1-14-11-21(19-5-3-4-6-20(19)22-14)26-27(23,24)18-10-8-15-12-17(25-2)9-7-16(15)13-18/h3-13H,1-2H3. The fourth-order valence-electron chi connectivity index (χ4n) is 2.99. The Morgan fingerprint density at radius 1 is 0.889 bits per heavy atom. The molecule has 1 heterocycles. The van der Waals surface area contributed by atoms with Crippen molar-refractivity contribution in [2.75, 3.05) is 7.11 Å². The van der Waals surface area contributed by atoms with Crippen LogP contribution in [-0.4, -0.2) is 20.5 Å². The van der Waals surface area contributed by atoms with Crippen LogP contribution >= 0.6 is 0 Å². The second-order valence-corrected chi connectivity index (χ2v) is 7.74. The molecule has 0 radical (unpaired) electrons. The highest BCUT2D eigenvalue weighted by Gasteiger charge is 2.19. The summed E-state index contributed by atoms with van der Waals surface area (Å²) >= 11 is 0. The first-order valence-corrected chi connectivity index (χ1v) is 9.76. The van der Waals surface area contributed by atoms with Gasteiger partial charge in [0.1, 0.15) is 10.6 Å². The molecule has 4 aromatic rings. The molecule has 1 aromatic heterocycles. The zero-order chi connectivity index (χ0) is 19.0. The largest absolute Gasteiger partial charge is 0.497 e. The van der Waals surface area contributed by atoms with Crippen LogP contribution in [0.15, 0.2) is 71.6 Å². The highest BCUT2D eigenvalue weighted by atomic mass is 32.2. The molecule has 3 aromatic carbocycles. The van der Waals surface area contributed by atoms with Gasteiger partial charge in [-0.1, -0.05) is 24.3 Å². The Morgan fingerprint density at radius 2 is 1.63 bits per heavy atom. The quantitative estimate of drug-likeness (QED) is 0.489. The number of ether oxygens (including phenoxy) is 1. The average molecular weight is 379 g/mol. The number of rotatable bonds is 4. The molecule has 0 bridgehead atoms. The van der Waals surface area contributed by atoms with Crippen LogP contribution in [0, 0.1) is 6.92 Å². The van der Waals surface area contributed by atoms with E-state index in [1.165, 1.54) is 6.07 Å². The minimum atomic E-state index is -3.99. The number of aryl methyl sites for hydroxylation is 1. The Kier molecular flexibility index (Phi) is 4.20. The van der Waals surface area contributed by atoms with Crippen molar-refractivity contribution in [1.82, 2.24) is 4.98 Å². The highest BCUT2D eigenvalue weighted by Crippen LogP contribution is 2.29. The molecule has 0 spiro atoms. The predicted molar refractivity (Wildman–Crippen MR) is 105 cm³/mol. The lowest BCUT2D eigenvalue weighted by Crippen LogP contribution is -2.10. The van der Waals surface area contributed by atoms with Crippen LogP contribution in [0.5, 0.6) is 11.5 Å². The Balaban J connectivity index is 1.77. The maximum Gasteiger partial charge on any atom is 0.339 e. The van der Waals surface area contributed by atoms with E-state index in [0.29, 0.717) is 22.3 Å². The summed E-state index contributed by atoms with van der Waals surface area (Å²) < 4.78 is 36.4. The van der Waals surface area contributed by atoms with Crippen molar-refractivity contribution in [2.24, 2.45) is 0 Å². The third-order valence-electron chi connectivity index (χ3n) is 4.31. The second kappa shape index (κ2) is 6.55. The van der Waals surface area contributed by atoms with Gasteiger partial charge in [0.25, 0.3) is 0 Å². The monoisotopic (exact) mass is 379 g/mol. The first-order valence-electron chi connectivity index (χ1n) is 8.35. The summed E-state index contributed by atoms with van der Waals surface area (Å²) in [5.41, 5.74) is 1.37. The molecule has 0 saturated heterocycles. The van der Waals surface area contributed by atoms with Gasteiger partial charge in [-0.2, -0.15) is 8.42 Å². The van der Waals surface area contributed by atoms with Crippen molar-refractivity contribution in [3.05, 3.63) is 72.4 Å². The van der Waals surface area contributed by atoms with Gasteiger partial charge in [-0.05, 0) is 54.1 Å². The Morgan fingerprint density at radius 3 is 2.44 bits per heavy atom. The molecule has 0 atom stereocenters. The van der Waals surface area contributed by atoms with Gasteiger partial charge >= 0.3 is 10.1 Å². The maximum atomic E-state index is 12.9. The summed E-state index contributed by atoms with van der Waals surface area (Å²) in [5, 5.41) is 2.33.